The predicted octanol–water partition coefficient (Wildman–Crippen LogP) is 0.222. The van der Waals surface area contributed by atoms with Crippen LogP contribution in [0.4, 0.5) is 0 Å². The zero-order chi connectivity index (χ0) is 5.82. The van der Waals surface area contributed by atoms with Crippen molar-refractivity contribution < 1.29 is 4.84 Å². The average Bonchev–Trinajstić information content (AvgIpc) is 2.19. The molecule has 1 aliphatic heterocycles. The molecule has 0 aromatic rings. The highest BCUT2D eigenvalue weighted by atomic mass is 35.5. The van der Waals surface area contributed by atoms with Gasteiger partial charge in [0.05, 0.1) is 13.3 Å². The van der Waals surface area contributed by atoms with E-state index in [0.717, 1.165) is 26.4 Å². The van der Waals surface area contributed by atoms with Crippen LogP contribution in [-0.2, 0) is 4.84 Å². The second-order valence-corrected chi connectivity index (χ2v) is 1.78. The van der Waals surface area contributed by atoms with Crippen LogP contribution >= 0.6 is 12.4 Å². The normalized spacial score (nSPS) is 19.7. The van der Waals surface area contributed by atoms with E-state index >= 15 is 0 Å². The Hall–Kier alpha value is 0.170. The molecular weight excluding hydrogens is 140 g/mol. The fourth-order valence-corrected chi connectivity index (χ4v) is 0.779. The summed E-state index contributed by atoms with van der Waals surface area (Å²) in [4.78, 5) is 5.17. The topological polar surface area (TPSA) is 24.5 Å². The van der Waals surface area contributed by atoms with E-state index < -0.39 is 0 Å². The molecule has 1 N–H and O–H groups in total. The fourth-order valence-electron chi connectivity index (χ4n) is 0.779. The first-order valence-corrected chi connectivity index (χ1v) is 3.02. The zero-order valence-electron chi connectivity index (χ0n) is 5.59. The molecule has 9 heavy (non-hydrogen) atoms. The molecular formula is C5H13ClN2O. The summed E-state index contributed by atoms with van der Waals surface area (Å²) in [5.74, 6) is 0. The van der Waals surface area contributed by atoms with Gasteiger partial charge in [0.1, 0.15) is 0 Å². The molecule has 0 bridgehead atoms. The van der Waals surface area contributed by atoms with Gasteiger partial charge in [-0.2, -0.15) is 5.06 Å². The van der Waals surface area contributed by atoms with E-state index in [0.29, 0.717) is 0 Å². The summed E-state index contributed by atoms with van der Waals surface area (Å²) < 4.78 is 0. The van der Waals surface area contributed by atoms with Crippen molar-refractivity contribution in [1.82, 2.24) is 10.4 Å². The maximum absolute atomic E-state index is 5.17. The smallest absolute Gasteiger partial charge is 0.0732 e. The van der Waals surface area contributed by atoms with Gasteiger partial charge in [0.15, 0.2) is 0 Å². The molecule has 4 heteroatoms. The van der Waals surface area contributed by atoms with Gasteiger partial charge < -0.3 is 5.32 Å². The van der Waals surface area contributed by atoms with Crippen molar-refractivity contribution >= 4 is 12.4 Å². The molecule has 56 valence electrons. The van der Waals surface area contributed by atoms with Gasteiger partial charge in [-0.05, 0) is 6.92 Å². The van der Waals surface area contributed by atoms with Crippen LogP contribution in [0.25, 0.3) is 0 Å². The Labute approximate surface area is 61.7 Å². The Morgan fingerprint density at radius 3 is 2.89 bits per heavy atom. The van der Waals surface area contributed by atoms with Gasteiger partial charge in [-0.15, -0.1) is 12.4 Å². The molecule has 0 spiro atoms. The number of nitrogens with zero attached hydrogens (tertiary/aromatic N) is 1. The molecule has 1 fully saturated rings. The summed E-state index contributed by atoms with van der Waals surface area (Å²) in [7, 11) is 0. The minimum atomic E-state index is 0. The molecule has 3 nitrogen and oxygen atoms in total. The number of halogens is 1. The number of hydrogen-bond acceptors (Lipinski definition) is 3. The van der Waals surface area contributed by atoms with E-state index in [4.69, 9.17) is 4.84 Å². The first kappa shape index (κ1) is 9.17. The third-order valence-corrected chi connectivity index (χ3v) is 1.14. The van der Waals surface area contributed by atoms with Gasteiger partial charge in [-0.3, -0.25) is 4.84 Å². The molecule has 0 unspecified atom stereocenters. The van der Waals surface area contributed by atoms with Crippen molar-refractivity contribution in [3.05, 3.63) is 0 Å². The summed E-state index contributed by atoms with van der Waals surface area (Å²) in [5, 5.41) is 5.09. The molecule has 0 saturated carbocycles. The fraction of sp³-hybridized carbons (Fsp3) is 1.00. The second-order valence-electron chi connectivity index (χ2n) is 1.78. The van der Waals surface area contributed by atoms with Crippen molar-refractivity contribution in [3.63, 3.8) is 0 Å². The molecule has 0 aliphatic carbocycles. The Morgan fingerprint density at radius 2 is 2.44 bits per heavy atom. The summed E-state index contributed by atoms with van der Waals surface area (Å²) in [6.45, 7) is 5.74. The molecule has 1 heterocycles. The average molecular weight is 153 g/mol. The minimum absolute atomic E-state index is 0. The van der Waals surface area contributed by atoms with Gasteiger partial charge in [-0.1, -0.05) is 0 Å². The van der Waals surface area contributed by atoms with E-state index in [1.54, 1.807) is 0 Å². The molecule has 1 saturated heterocycles. The number of hydrogen-bond donors (Lipinski definition) is 1. The Morgan fingerprint density at radius 1 is 1.67 bits per heavy atom. The van der Waals surface area contributed by atoms with Crippen LogP contribution in [-0.4, -0.2) is 31.4 Å². The van der Waals surface area contributed by atoms with Gasteiger partial charge in [0, 0.05) is 13.1 Å². The quantitative estimate of drug-likeness (QED) is 0.613. The summed E-state index contributed by atoms with van der Waals surface area (Å²) in [6.07, 6.45) is 0. The second kappa shape index (κ2) is 4.99. The Bertz CT molecular complexity index is 66.0. The molecule has 0 atom stereocenters. The summed E-state index contributed by atoms with van der Waals surface area (Å²) in [5.41, 5.74) is 0. The standard InChI is InChI=1S/C5H12N2O.ClH/c1-2-8-7-4-3-6-5-7;/h6H,2-5H2,1H3;1H. The lowest BCUT2D eigenvalue weighted by atomic mass is 10.7. The summed E-state index contributed by atoms with van der Waals surface area (Å²) >= 11 is 0. The Balaban J connectivity index is 0.000000640. The van der Waals surface area contributed by atoms with Crippen molar-refractivity contribution in [3.8, 4) is 0 Å². The molecule has 0 radical (unpaired) electrons. The highest BCUT2D eigenvalue weighted by Crippen LogP contribution is 1.91. The van der Waals surface area contributed by atoms with Gasteiger partial charge in [0.2, 0.25) is 0 Å². The number of hydroxylamine groups is 2. The van der Waals surface area contributed by atoms with Crippen molar-refractivity contribution in [2.75, 3.05) is 26.4 Å². The molecule has 0 amide bonds. The lowest BCUT2D eigenvalue weighted by molar-refractivity contribution is -0.138. The first-order valence-electron chi connectivity index (χ1n) is 3.02. The van der Waals surface area contributed by atoms with Crippen LogP contribution < -0.4 is 5.32 Å². The van der Waals surface area contributed by atoms with Crippen molar-refractivity contribution in [1.29, 1.82) is 0 Å². The van der Waals surface area contributed by atoms with Gasteiger partial charge >= 0.3 is 0 Å². The monoisotopic (exact) mass is 152 g/mol. The predicted molar refractivity (Wildman–Crippen MR) is 38.4 cm³/mol. The van der Waals surface area contributed by atoms with Crippen LogP contribution in [0.1, 0.15) is 6.92 Å². The van der Waals surface area contributed by atoms with Crippen molar-refractivity contribution in [2.24, 2.45) is 0 Å². The van der Waals surface area contributed by atoms with Crippen molar-refractivity contribution in [2.45, 2.75) is 6.92 Å². The molecule has 0 aromatic heterocycles. The van der Waals surface area contributed by atoms with E-state index in [2.05, 4.69) is 5.32 Å². The zero-order valence-corrected chi connectivity index (χ0v) is 6.41. The maximum Gasteiger partial charge on any atom is 0.0732 e. The SMILES string of the molecule is CCON1CCNC1.Cl. The third-order valence-electron chi connectivity index (χ3n) is 1.14. The maximum atomic E-state index is 5.17. The lowest BCUT2D eigenvalue weighted by Crippen LogP contribution is -2.21. The van der Waals surface area contributed by atoms with Crippen LogP contribution in [0.2, 0.25) is 0 Å². The Kier molecular flexibility index (Phi) is 5.09. The first-order chi connectivity index (χ1) is 3.93. The summed E-state index contributed by atoms with van der Waals surface area (Å²) in [6, 6.07) is 0. The van der Waals surface area contributed by atoms with E-state index in [9.17, 15) is 0 Å². The number of nitrogens with one attached hydrogen (secondary N) is 1. The highest BCUT2D eigenvalue weighted by Gasteiger charge is 2.08. The van der Waals surface area contributed by atoms with Gasteiger partial charge in [-0.25, -0.2) is 0 Å². The minimum Gasteiger partial charge on any atom is -0.301 e. The molecule has 0 aromatic carbocycles. The van der Waals surface area contributed by atoms with Crippen LogP contribution in [0.5, 0.6) is 0 Å². The van der Waals surface area contributed by atoms with Crippen LogP contribution in [0.3, 0.4) is 0 Å². The van der Waals surface area contributed by atoms with Crippen LogP contribution in [0, 0.1) is 0 Å². The third kappa shape index (κ3) is 3.01. The molecule has 1 rings (SSSR count). The van der Waals surface area contributed by atoms with E-state index in [1.165, 1.54) is 0 Å². The highest BCUT2D eigenvalue weighted by molar-refractivity contribution is 5.85. The largest absolute Gasteiger partial charge is 0.301 e. The van der Waals surface area contributed by atoms with Gasteiger partial charge in [0.25, 0.3) is 0 Å². The molecule has 1 aliphatic rings. The van der Waals surface area contributed by atoms with Crippen LogP contribution in [0.15, 0.2) is 0 Å². The van der Waals surface area contributed by atoms with E-state index in [-0.39, 0.29) is 12.4 Å². The number of rotatable bonds is 2. The lowest BCUT2D eigenvalue weighted by Gasteiger charge is -2.10. The van der Waals surface area contributed by atoms with E-state index in [1.807, 2.05) is 12.0 Å².